The quantitative estimate of drug-likeness (QED) is 0.647. The molecule has 32 heavy (non-hydrogen) atoms. The van der Waals surface area contributed by atoms with Crippen molar-refractivity contribution in [2.24, 2.45) is 5.92 Å². The zero-order chi connectivity index (χ0) is 22.7. The van der Waals surface area contributed by atoms with E-state index in [9.17, 15) is 8.42 Å². The minimum Gasteiger partial charge on any atom is -0.497 e. The lowest BCUT2D eigenvalue weighted by Gasteiger charge is -2.35. The zero-order valence-electron chi connectivity index (χ0n) is 18.9. The smallest absolute Gasteiger partial charge is 0.246 e. The fraction of sp³-hybridized carbons (Fsp3) is 0.545. The summed E-state index contributed by atoms with van der Waals surface area (Å²) in [6, 6.07) is 8.75. The van der Waals surface area contributed by atoms with Gasteiger partial charge in [0.15, 0.2) is 11.6 Å². The lowest BCUT2D eigenvalue weighted by atomic mass is 9.99. The number of methoxy groups -OCH3 is 2. The van der Waals surface area contributed by atoms with Crippen molar-refractivity contribution in [2.75, 3.05) is 63.3 Å². The van der Waals surface area contributed by atoms with Crippen LogP contribution in [0.25, 0.3) is 0 Å². The van der Waals surface area contributed by atoms with Crippen LogP contribution in [0.2, 0.25) is 0 Å². The minimum atomic E-state index is -3.68. The van der Waals surface area contributed by atoms with Gasteiger partial charge in [0.2, 0.25) is 10.0 Å². The fourth-order valence-electron chi connectivity index (χ4n) is 4.18. The molecule has 2 aliphatic rings. The number of nitrogens with zero attached hydrogens (tertiary/aromatic N) is 5. The van der Waals surface area contributed by atoms with E-state index in [1.807, 2.05) is 12.1 Å². The normalized spacial score (nSPS) is 18.6. The summed E-state index contributed by atoms with van der Waals surface area (Å²) in [5, 5.41) is 8.85. The highest BCUT2D eigenvalue weighted by molar-refractivity contribution is 7.89. The van der Waals surface area contributed by atoms with Crippen LogP contribution < -0.4 is 19.3 Å². The van der Waals surface area contributed by atoms with Crippen molar-refractivity contribution in [2.45, 2.75) is 24.7 Å². The molecule has 0 bridgehead atoms. The molecule has 3 heterocycles. The molecule has 2 fully saturated rings. The molecule has 2 aliphatic heterocycles. The van der Waals surface area contributed by atoms with E-state index in [-0.39, 0.29) is 10.6 Å². The van der Waals surface area contributed by atoms with Gasteiger partial charge in [-0.1, -0.05) is 6.92 Å². The first-order valence-electron chi connectivity index (χ1n) is 11.0. The summed E-state index contributed by atoms with van der Waals surface area (Å²) in [4.78, 5) is 4.50. The van der Waals surface area contributed by atoms with Gasteiger partial charge in [0, 0.05) is 45.3 Å². The summed E-state index contributed by atoms with van der Waals surface area (Å²) in [6.45, 7) is 6.15. The van der Waals surface area contributed by atoms with E-state index in [2.05, 4.69) is 26.9 Å². The molecule has 0 amide bonds. The van der Waals surface area contributed by atoms with Gasteiger partial charge in [-0.05, 0) is 43.0 Å². The van der Waals surface area contributed by atoms with E-state index >= 15 is 0 Å². The molecule has 174 valence electrons. The number of rotatable bonds is 6. The Morgan fingerprint density at radius 2 is 1.44 bits per heavy atom. The summed E-state index contributed by atoms with van der Waals surface area (Å²) in [7, 11) is -0.689. The molecule has 2 saturated heterocycles. The van der Waals surface area contributed by atoms with Crippen LogP contribution in [0.4, 0.5) is 11.6 Å². The first-order chi connectivity index (χ1) is 15.4. The molecule has 2 aromatic rings. The summed E-state index contributed by atoms with van der Waals surface area (Å²) in [5.74, 6) is 3.28. The monoisotopic (exact) mass is 461 g/mol. The Labute approximate surface area is 190 Å². The van der Waals surface area contributed by atoms with E-state index < -0.39 is 10.0 Å². The Kier molecular flexibility index (Phi) is 6.71. The Hall–Kier alpha value is -2.59. The molecular formula is C22H31N5O4S. The van der Waals surface area contributed by atoms with Gasteiger partial charge < -0.3 is 19.3 Å². The fourth-order valence-corrected chi connectivity index (χ4v) is 5.74. The van der Waals surface area contributed by atoms with Gasteiger partial charge in [0.05, 0.1) is 14.2 Å². The predicted octanol–water partition coefficient (Wildman–Crippen LogP) is 2.24. The van der Waals surface area contributed by atoms with Gasteiger partial charge in [-0.2, -0.15) is 4.31 Å². The van der Waals surface area contributed by atoms with Gasteiger partial charge in [0.1, 0.15) is 16.4 Å². The lowest BCUT2D eigenvalue weighted by molar-refractivity contribution is 0.369. The van der Waals surface area contributed by atoms with Crippen molar-refractivity contribution in [3.8, 4) is 11.5 Å². The van der Waals surface area contributed by atoms with Crippen molar-refractivity contribution in [3.05, 3.63) is 30.3 Å². The van der Waals surface area contributed by atoms with Crippen LogP contribution in [-0.4, -0.2) is 76.4 Å². The topological polar surface area (TPSA) is 88.1 Å². The average Bonchev–Trinajstić information content (AvgIpc) is 2.84. The Morgan fingerprint density at radius 3 is 1.97 bits per heavy atom. The highest BCUT2D eigenvalue weighted by Gasteiger charge is 2.31. The molecule has 0 spiro atoms. The van der Waals surface area contributed by atoms with Crippen LogP contribution >= 0.6 is 0 Å². The van der Waals surface area contributed by atoms with E-state index in [4.69, 9.17) is 9.47 Å². The maximum atomic E-state index is 13.2. The molecular weight excluding hydrogens is 430 g/mol. The molecule has 9 nitrogen and oxygen atoms in total. The molecule has 0 radical (unpaired) electrons. The molecule has 0 saturated carbocycles. The SMILES string of the molecule is COc1ccc(S(=O)(=O)N2CCN(c3ccc(N4CCC(C)CC4)nn3)CC2)c(OC)c1. The van der Waals surface area contributed by atoms with Crippen LogP contribution in [0.3, 0.4) is 0 Å². The van der Waals surface area contributed by atoms with Gasteiger partial charge in [0.25, 0.3) is 0 Å². The van der Waals surface area contributed by atoms with Crippen molar-refractivity contribution in [3.63, 3.8) is 0 Å². The second kappa shape index (κ2) is 9.50. The molecule has 1 aromatic heterocycles. The van der Waals surface area contributed by atoms with Crippen molar-refractivity contribution < 1.29 is 17.9 Å². The first kappa shape index (κ1) is 22.6. The first-order valence-corrected chi connectivity index (χ1v) is 12.4. The summed E-state index contributed by atoms with van der Waals surface area (Å²) in [5.41, 5.74) is 0. The van der Waals surface area contributed by atoms with Crippen molar-refractivity contribution in [1.82, 2.24) is 14.5 Å². The van der Waals surface area contributed by atoms with Crippen molar-refractivity contribution >= 4 is 21.7 Å². The molecule has 1 aromatic carbocycles. The Bertz CT molecular complexity index is 1020. The highest BCUT2D eigenvalue weighted by Crippen LogP contribution is 2.31. The minimum absolute atomic E-state index is 0.147. The van der Waals surface area contributed by atoms with Gasteiger partial charge in [-0.3, -0.25) is 0 Å². The van der Waals surface area contributed by atoms with Crippen LogP contribution in [0, 0.1) is 5.92 Å². The van der Waals surface area contributed by atoms with Crippen LogP contribution in [-0.2, 0) is 10.0 Å². The van der Waals surface area contributed by atoms with Gasteiger partial charge in [-0.25, -0.2) is 8.42 Å². The zero-order valence-corrected chi connectivity index (χ0v) is 19.7. The van der Waals surface area contributed by atoms with E-state index in [0.717, 1.165) is 30.6 Å². The third-order valence-electron chi connectivity index (χ3n) is 6.30. The van der Waals surface area contributed by atoms with Crippen LogP contribution in [0.1, 0.15) is 19.8 Å². The third kappa shape index (κ3) is 4.61. The largest absolute Gasteiger partial charge is 0.497 e. The number of benzene rings is 1. The average molecular weight is 462 g/mol. The third-order valence-corrected chi connectivity index (χ3v) is 8.23. The number of ether oxygens (including phenoxy) is 2. The maximum absolute atomic E-state index is 13.2. The Morgan fingerprint density at radius 1 is 0.844 bits per heavy atom. The summed E-state index contributed by atoms with van der Waals surface area (Å²) >= 11 is 0. The number of hydrogen-bond donors (Lipinski definition) is 0. The summed E-state index contributed by atoms with van der Waals surface area (Å²) < 4.78 is 38.4. The number of sulfonamides is 1. The summed E-state index contributed by atoms with van der Waals surface area (Å²) in [6.07, 6.45) is 2.36. The maximum Gasteiger partial charge on any atom is 0.246 e. The van der Waals surface area contributed by atoms with E-state index in [1.54, 1.807) is 12.1 Å². The number of piperazine rings is 1. The molecule has 10 heteroatoms. The van der Waals surface area contributed by atoms with Gasteiger partial charge in [-0.15, -0.1) is 10.2 Å². The molecule has 0 atom stereocenters. The number of hydrogen-bond acceptors (Lipinski definition) is 8. The van der Waals surface area contributed by atoms with E-state index in [1.165, 1.54) is 37.4 Å². The van der Waals surface area contributed by atoms with Gasteiger partial charge >= 0.3 is 0 Å². The second-order valence-electron chi connectivity index (χ2n) is 8.33. The standard InChI is InChI=1S/C22H31N5O4S/c1-17-8-10-25(11-9-17)21-6-7-22(24-23-21)26-12-14-27(15-13-26)32(28,29)20-5-4-18(30-2)16-19(20)31-3/h4-7,16-17H,8-15H2,1-3H3. The predicted molar refractivity (Wildman–Crippen MR) is 123 cm³/mol. The van der Waals surface area contributed by atoms with Crippen LogP contribution in [0.15, 0.2) is 35.2 Å². The Balaban J connectivity index is 1.41. The lowest BCUT2D eigenvalue weighted by Crippen LogP contribution is -2.49. The second-order valence-corrected chi connectivity index (χ2v) is 10.2. The van der Waals surface area contributed by atoms with E-state index in [0.29, 0.717) is 31.9 Å². The van der Waals surface area contributed by atoms with Crippen LogP contribution in [0.5, 0.6) is 11.5 Å². The number of aromatic nitrogens is 2. The molecule has 0 unspecified atom stereocenters. The molecule has 4 rings (SSSR count). The van der Waals surface area contributed by atoms with Crippen molar-refractivity contribution in [1.29, 1.82) is 0 Å². The number of piperidine rings is 1. The molecule has 0 N–H and O–H groups in total. The number of anilines is 2. The highest BCUT2D eigenvalue weighted by atomic mass is 32.2. The molecule has 0 aliphatic carbocycles.